The van der Waals surface area contributed by atoms with E-state index in [0.29, 0.717) is 13.0 Å². The van der Waals surface area contributed by atoms with Crippen molar-refractivity contribution in [2.45, 2.75) is 18.9 Å². The van der Waals surface area contributed by atoms with Crippen molar-refractivity contribution in [3.05, 3.63) is 42.0 Å². The minimum Gasteiger partial charge on any atom is -0.497 e. The van der Waals surface area contributed by atoms with Gasteiger partial charge >= 0.3 is 0 Å². The normalized spacial score (nSPS) is 13.5. The molecule has 2 rings (SSSR count). The lowest BCUT2D eigenvalue weighted by atomic mass is 9.90. The van der Waals surface area contributed by atoms with Crippen LogP contribution in [0, 0.1) is 11.8 Å². The van der Waals surface area contributed by atoms with Crippen molar-refractivity contribution in [3.63, 3.8) is 0 Å². The molecule has 0 aromatic heterocycles. The molecule has 0 radical (unpaired) electrons. The molecule has 1 atom stereocenters. The van der Waals surface area contributed by atoms with E-state index in [1.165, 1.54) is 0 Å². The molecular formula is C19H23NO2. The smallest absolute Gasteiger partial charge is 0.150 e. The third-order valence-corrected chi connectivity index (χ3v) is 3.73. The van der Waals surface area contributed by atoms with Gasteiger partial charge in [-0.25, -0.2) is 0 Å². The first-order valence-electron chi connectivity index (χ1n) is 7.44. The second kappa shape index (κ2) is 6.83. The van der Waals surface area contributed by atoms with Crippen molar-refractivity contribution in [2.75, 3.05) is 27.7 Å². The van der Waals surface area contributed by atoms with Crippen LogP contribution in [0.1, 0.15) is 18.9 Å². The van der Waals surface area contributed by atoms with Crippen LogP contribution in [0.15, 0.2) is 36.4 Å². The maximum Gasteiger partial charge on any atom is 0.150 e. The van der Waals surface area contributed by atoms with E-state index in [1.54, 1.807) is 7.11 Å². The maximum atomic E-state index is 10.8. The predicted octanol–water partition coefficient (Wildman–Crippen LogP) is 3.01. The molecule has 0 saturated carbocycles. The number of ether oxygens (including phenoxy) is 1. The number of hydrogen-bond donors (Lipinski definition) is 1. The zero-order chi connectivity index (χ0) is 16.2. The standard InChI is InChI=1S/C19H23NO2/c1-5-19(21,11-6-12-20(2)3)17-9-7-16-14-18(22-4)10-8-15(16)13-17/h7-10,13-14,21H,5,12H2,1-4H3. The summed E-state index contributed by atoms with van der Waals surface area (Å²) < 4.78 is 5.24. The summed E-state index contributed by atoms with van der Waals surface area (Å²) in [6, 6.07) is 11.9. The average molecular weight is 297 g/mol. The summed E-state index contributed by atoms with van der Waals surface area (Å²) in [7, 11) is 5.58. The highest BCUT2D eigenvalue weighted by Gasteiger charge is 2.24. The topological polar surface area (TPSA) is 32.7 Å². The van der Waals surface area contributed by atoms with E-state index in [4.69, 9.17) is 4.74 Å². The SMILES string of the molecule is CCC(O)(C#CCN(C)C)c1ccc2cc(OC)ccc2c1. The summed E-state index contributed by atoms with van der Waals surface area (Å²) in [5, 5.41) is 13.0. The largest absolute Gasteiger partial charge is 0.497 e. The van der Waals surface area contributed by atoms with Crippen molar-refractivity contribution in [1.82, 2.24) is 4.90 Å². The average Bonchev–Trinajstić information content (AvgIpc) is 2.53. The molecule has 0 aliphatic carbocycles. The van der Waals surface area contributed by atoms with Gasteiger partial charge in [0.2, 0.25) is 0 Å². The summed E-state index contributed by atoms with van der Waals surface area (Å²) in [4.78, 5) is 1.98. The second-order valence-corrected chi connectivity index (χ2v) is 5.68. The number of aliphatic hydroxyl groups is 1. The molecule has 0 aliphatic heterocycles. The number of fused-ring (bicyclic) bond motifs is 1. The number of benzene rings is 2. The van der Waals surface area contributed by atoms with Crippen LogP contribution >= 0.6 is 0 Å². The molecule has 0 spiro atoms. The first-order valence-corrected chi connectivity index (χ1v) is 7.44. The zero-order valence-corrected chi connectivity index (χ0v) is 13.7. The van der Waals surface area contributed by atoms with Crippen molar-refractivity contribution in [1.29, 1.82) is 0 Å². The maximum absolute atomic E-state index is 10.8. The fourth-order valence-electron chi connectivity index (χ4n) is 2.32. The van der Waals surface area contributed by atoms with Gasteiger partial charge in [-0.2, -0.15) is 0 Å². The van der Waals surface area contributed by atoms with E-state index in [2.05, 4.69) is 11.8 Å². The molecule has 1 unspecified atom stereocenters. The van der Waals surface area contributed by atoms with Crippen molar-refractivity contribution < 1.29 is 9.84 Å². The number of nitrogens with zero attached hydrogens (tertiary/aromatic N) is 1. The van der Waals surface area contributed by atoms with E-state index in [1.807, 2.05) is 62.3 Å². The summed E-state index contributed by atoms with van der Waals surface area (Å²) in [6.07, 6.45) is 0.551. The lowest BCUT2D eigenvalue weighted by Gasteiger charge is -2.21. The molecular weight excluding hydrogens is 274 g/mol. The Kier molecular flexibility index (Phi) is 5.07. The number of rotatable bonds is 4. The first-order chi connectivity index (χ1) is 10.5. The third-order valence-electron chi connectivity index (χ3n) is 3.73. The van der Waals surface area contributed by atoms with Gasteiger partial charge < -0.3 is 9.84 Å². The summed E-state index contributed by atoms with van der Waals surface area (Å²) in [5.74, 6) is 6.90. The van der Waals surface area contributed by atoms with Crippen LogP contribution in [0.5, 0.6) is 5.75 Å². The Balaban J connectivity index is 2.40. The number of methoxy groups -OCH3 is 1. The lowest BCUT2D eigenvalue weighted by molar-refractivity contribution is 0.0959. The van der Waals surface area contributed by atoms with Gasteiger partial charge in [0.25, 0.3) is 0 Å². The zero-order valence-electron chi connectivity index (χ0n) is 13.7. The van der Waals surface area contributed by atoms with E-state index in [9.17, 15) is 5.11 Å². The predicted molar refractivity (Wildman–Crippen MR) is 91.0 cm³/mol. The molecule has 116 valence electrons. The molecule has 0 bridgehead atoms. The van der Waals surface area contributed by atoms with Gasteiger partial charge in [-0.3, -0.25) is 4.90 Å². The molecule has 2 aromatic rings. The minimum atomic E-state index is -1.11. The van der Waals surface area contributed by atoms with Crippen molar-refractivity contribution in [2.24, 2.45) is 0 Å². The first kappa shape index (κ1) is 16.4. The fourth-order valence-corrected chi connectivity index (χ4v) is 2.32. The van der Waals surface area contributed by atoms with Crippen LogP contribution in [0.25, 0.3) is 10.8 Å². The van der Waals surface area contributed by atoms with Gasteiger partial charge in [0, 0.05) is 0 Å². The highest BCUT2D eigenvalue weighted by atomic mass is 16.5. The van der Waals surface area contributed by atoms with E-state index in [0.717, 1.165) is 22.1 Å². The van der Waals surface area contributed by atoms with Crippen LogP contribution in [-0.2, 0) is 5.60 Å². The highest BCUT2D eigenvalue weighted by Crippen LogP contribution is 2.29. The van der Waals surface area contributed by atoms with Crippen LogP contribution in [0.4, 0.5) is 0 Å². The highest BCUT2D eigenvalue weighted by molar-refractivity contribution is 5.84. The van der Waals surface area contributed by atoms with E-state index < -0.39 is 5.60 Å². The Morgan fingerprint density at radius 3 is 2.45 bits per heavy atom. The van der Waals surface area contributed by atoms with Crippen molar-refractivity contribution >= 4 is 10.8 Å². The number of hydrogen-bond acceptors (Lipinski definition) is 3. The Bertz CT molecular complexity index is 712. The molecule has 2 aromatic carbocycles. The van der Waals surface area contributed by atoms with Gasteiger partial charge in [-0.05, 0) is 55.1 Å². The van der Waals surface area contributed by atoms with E-state index >= 15 is 0 Å². The van der Waals surface area contributed by atoms with Gasteiger partial charge in [-0.15, -0.1) is 0 Å². The van der Waals surface area contributed by atoms with Crippen LogP contribution < -0.4 is 4.74 Å². The Morgan fingerprint density at radius 1 is 1.14 bits per heavy atom. The van der Waals surface area contributed by atoms with E-state index in [-0.39, 0.29) is 0 Å². The molecule has 0 heterocycles. The van der Waals surface area contributed by atoms with Gasteiger partial charge in [0.05, 0.1) is 13.7 Å². The molecule has 0 fully saturated rings. The third kappa shape index (κ3) is 3.59. The van der Waals surface area contributed by atoms with Crippen molar-refractivity contribution in [3.8, 4) is 17.6 Å². The molecule has 0 saturated heterocycles. The molecule has 0 amide bonds. The van der Waals surface area contributed by atoms with Crippen LogP contribution in [-0.4, -0.2) is 37.8 Å². The summed E-state index contributed by atoms with van der Waals surface area (Å²) >= 11 is 0. The lowest BCUT2D eigenvalue weighted by Crippen LogP contribution is -2.23. The van der Waals surface area contributed by atoms with Gasteiger partial charge in [0.1, 0.15) is 5.75 Å². The molecule has 3 heteroatoms. The monoisotopic (exact) mass is 297 g/mol. The molecule has 22 heavy (non-hydrogen) atoms. The quantitative estimate of drug-likeness (QED) is 0.881. The van der Waals surface area contributed by atoms with Crippen LogP contribution in [0.3, 0.4) is 0 Å². The molecule has 3 nitrogen and oxygen atoms in total. The van der Waals surface area contributed by atoms with Crippen LogP contribution in [0.2, 0.25) is 0 Å². The fraction of sp³-hybridized carbons (Fsp3) is 0.368. The Labute approximate surface area is 132 Å². The Hall–Kier alpha value is -2.02. The summed E-state index contributed by atoms with van der Waals surface area (Å²) in [6.45, 7) is 2.58. The second-order valence-electron chi connectivity index (χ2n) is 5.68. The minimum absolute atomic E-state index is 0.551. The molecule has 0 aliphatic rings. The summed E-state index contributed by atoms with van der Waals surface area (Å²) in [5.41, 5.74) is -0.275. The Morgan fingerprint density at radius 2 is 1.82 bits per heavy atom. The van der Waals surface area contributed by atoms with Gasteiger partial charge in [0.15, 0.2) is 5.60 Å². The van der Waals surface area contributed by atoms with Gasteiger partial charge in [-0.1, -0.05) is 37.0 Å². The molecule has 1 N–H and O–H groups in total.